The minimum atomic E-state index is 0.0769. The quantitative estimate of drug-likeness (QED) is 0.761. The van der Waals surface area contributed by atoms with E-state index in [1.807, 2.05) is 13.1 Å². The summed E-state index contributed by atoms with van der Waals surface area (Å²) in [6.45, 7) is 17.4. The summed E-state index contributed by atoms with van der Waals surface area (Å²) in [5.41, 5.74) is 11.1. The predicted octanol–water partition coefficient (Wildman–Crippen LogP) is 5.05. The highest BCUT2D eigenvalue weighted by molar-refractivity contribution is 5.63. The van der Waals surface area contributed by atoms with Crippen molar-refractivity contribution in [3.63, 3.8) is 0 Å². The smallest absolute Gasteiger partial charge is 0.227 e. The highest BCUT2D eigenvalue weighted by Crippen LogP contribution is 2.33. The van der Waals surface area contributed by atoms with Crippen molar-refractivity contribution in [1.82, 2.24) is 9.97 Å². The van der Waals surface area contributed by atoms with E-state index in [-0.39, 0.29) is 16.9 Å². The van der Waals surface area contributed by atoms with Crippen LogP contribution in [0.25, 0.3) is 0 Å². The van der Waals surface area contributed by atoms with Crippen molar-refractivity contribution >= 4 is 17.5 Å². The summed E-state index contributed by atoms with van der Waals surface area (Å²) in [4.78, 5) is 11.6. The first-order valence-electron chi connectivity index (χ1n) is 10.7. The maximum Gasteiger partial charge on any atom is 0.227 e. The molecule has 1 atom stereocenters. The van der Waals surface area contributed by atoms with E-state index in [4.69, 9.17) is 10.7 Å². The van der Waals surface area contributed by atoms with Gasteiger partial charge in [-0.05, 0) is 53.9 Å². The summed E-state index contributed by atoms with van der Waals surface area (Å²) in [6, 6.07) is 7.02. The van der Waals surface area contributed by atoms with Gasteiger partial charge in [-0.3, -0.25) is 0 Å². The van der Waals surface area contributed by atoms with E-state index in [0.29, 0.717) is 0 Å². The number of hydrogen-bond acceptors (Lipinski definition) is 5. The first kappa shape index (κ1) is 21.6. The maximum atomic E-state index is 6.16. The lowest BCUT2D eigenvalue weighted by atomic mass is 9.80. The molecule has 0 radical (unpaired) electrons. The van der Waals surface area contributed by atoms with E-state index in [0.717, 1.165) is 48.9 Å². The molecule has 0 aliphatic carbocycles. The zero-order chi connectivity index (χ0) is 21.4. The number of aromatic nitrogens is 2. The van der Waals surface area contributed by atoms with Gasteiger partial charge in [-0.1, -0.05) is 47.6 Å². The molecular formula is C24H37N5. The number of anilines is 3. The van der Waals surface area contributed by atoms with Gasteiger partial charge < -0.3 is 16.0 Å². The average Bonchev–Trinajstić information content (AvgIpc) is 2.62. The third kappa shape index (κ3) is 5.27. The zero-order valence-electron chi connectivity index (χ0n) is 19.1. The van der Waals surface area contributed by atoms with E-state index in [1.165, 1.54) is 11.1 Å². The van der Waals surface area contributed by atoms with Crippen LogP contribution in [-0.4, -0.2) is 29.1 Å². The van der Waals surface area contributed by atoms with Crippen LogP contribution in [0.3, 0.4) is 0 Å². The van der Waals surface area contributed by atoms with E-state index in [1.54, 1.807) is 0 Å². The molecule has 0 bridgehead atoms. The first-order chi connectivity index (χ1) is 13.4. The molecule has 1 aromatic heterocycles. The lowest BCUT2D eigenvalue weighted by molar-refractivity contribution is 0.500. The number of benzene rings is 1. The summed E-state index contributed by atoms with van der Waals surface area (Å²) < 4.78 is 0. The van der Waals surface area contributed by atoms with Crippen LogP contribution in [0.5, 0.6) is 0 Å². The standard InChI is InChI=1S/C24H37N5/c1-16-14-26-22(29-10-8-9-19(25)15-29)28-21(16)27-20-12-17(23(2,3)4)11-18(13-20)24(5,6)7/h11-14,19H,8-10,15,25H2,1-7H3,(H,26,27,28)/t19-/m0/s1. The maximum absolute atomic E-state index is 6.16. The number of piperidine rings is 1. The number of nitrogens with two attached hydrogens (primary N) is 1. The van der Waals surface area contributed by atoms with Crippen LogP contribution in [-0.2, 0) is 10.8 Å². The Hall–Kier alpha value is -2.14. The zero-order valence-corrected chi connectivity index (χ0v) is 19.1. The SMILES string of the molecule is Cc1cnc(N2CCC[C@H](N)C2)nc1Nc1cc(C(C)(C)C)cc(C(C)(C)C)c1. The van der Waals surface area contributed by atoms with Gasteiger partial charge in [-0.25, -0.2) is 4.98 Å². The molecule has 2 heterocycles. The lowest BCUT2D eigenvalue weighted by Gasteiger charge is -2.31. The van der Waals surface area contributed by atoms with Crippen LogP contribution in [0.15, 0.2) is 24.4 Å². The Balaban J connectivity index is 1.96. The van der Waals surface area contributed by atoms with E-state index in [9.17, 15) is 0 Å². The van der Waals surface area contributed by atoms with Crippen LogP contribution in [0, 0.1) is 6.92 Å². The van der Waals surface area contributed by atoms with Crippen LogP contribution in [0.1, 0.15) is 71.1 Å². The minimum absolute atomic E-state index is 0.0769. The van der Waals surface area contributed by atoms with Gasteiger partial charge in [0, 0.05) is 36.6 Å². The van der Waals surface area contributed by atoms with Crippen molar-refractivity contribution in [3.05, 3.63) is 41.1 Å². The molecule has 0 saturated carbocycles. The fourth-order valence-corrected chi connectivity index (χ4v) is 3.61. The Bertz CT molecular complexity index is 828. The third-order valence-electron chi connectivity index (χ3n) is 5.63. The fourth-order valence-electron chi connectivity index (χ4n) is 3.61. The molecule has 158 valence electrons. The highest BCUT2D eigenvalue weighted by atomic mass is 15.3. The van der Waals surface area contributed by atoms with E-state index in [2.05, 4.69) is 74.9 Å². The number of aryl methyl sites for hydroxylation is 1. The molecule has 3 rings (SSSR count). The molecule has 1 saturated heterocycles. The van der Waals surface area contributed by atoms with Crippen molar-refractivity contribution in [3.8, 4) is 0 Å². The second kappa shape index (κ2) is 7.94. The van der Waals surface area contributed by atoms with Crippen LogP contribution >= 0.6 is 0 Å². The number of rotatable bonds is 3. The predicted molar refractivity (Wildman–Crippen MR) is 123 cm³/mol. The minimum Gasteiger partial charge on any atom is -0.340 e. The molecule has 5 heteroatoms. The second-order valence-corrected chi connectivity index (χ2v) is 10.5. The van der Waals surface area contributed by atoms with E-state index < -0.39 is 0 Å². The normalized spacial score (nSPS) is 18.1. The second-order valence-electron chi connectivity index (χ2n) is 10.5. The third-order valence-corrected chi connectivity index (χ3v) is 5.63. The molecule has 2 aromatic rings. The molecule has 0 unspecified atom stereocenters. The number of hydrogen-bond donors (Lipinski definition) is 2. The molecular weight excluding hydrogens is 358 g/mol. The van der Waals surface area contributed by atoms with Crippen LogP contribution in [0.2, 0.25) is 0 Å². The Morgan fingerprint density at radius 2 is 1.66 bits per heavy atom. The monoisotopic (exact) mass is 395 g/mol. The van der Waals surface area contributed by atoms with Gasteiger partial charge in [-0.15, -0.1) is 0 Å². The Labute approximate surface area is 176 Å². The highest BCUT2D eigenvalue weighted by Gasteiger charge is 2.22. The van der Waals surface area contributed by atoms with Crippen LogP contribution < -0.4 is 16.0 Å². The van der Waals surface area contributed by atoms with Gasteiger partial charge in [0.2, 0.25) is 5.95 Å². The van der Waals surface area contributed by atoms with Crippen molar-refractivity contribution in [1.29, 1.82) is 0 Å². The van der Waals surface area contributed by atoms with Gasteiger partial charge >= 0.3 is 0 Å². The Morgan fingerprint density at radius 1 is 1.03 bits per heavy atom. The van der Waals surface area contributed by atoms with Gasteiger partial charge in [-0.2, -0.15) is 4.98 Å². The fraction of sp³-hybridized carbons (Fsp3) is 0.583. The van der Waals surface area contributed by atoms with Gasteiger partial charge in [0.15, 0.2) is 0 Å². The topological polar surface area (TPSA) is 67.1 Å². The molecule has 0 spiro atoms. The molecule has 3 N–H and O–H groups in total. The molecule has 5 nitrogen and oxygen atoms in total. The molecule has 0 amide bonds. The van der Waals surface area contributed by atoms with Gasteiger partial charge in [0.05, 0.1) is 0 Å². The first-order valence-corrected chi connectivity index (χ1v) is 10.7. The summed E-state index contributed by atoms with van der Waals surface area (Å²) in [5, 5.41) is 3.58. The summed E-state index contributed by atoms with van der Waals surface area (Å²) >= 11 is 0. The Kier molecular flexibility index (Phi) is 5.91. The molecule has 1 aliphatic rings. The largest absolute Gasteiger partial charge is 0.340 e. The molecule has 1 aliphatic heterocycles. The molecule has 1 fully saturated rings. The van der Waals surface area contributed by atoms with Crippen molar-refractivity contribution in [2.45, 2.75) is 78.2 Å². The summed E-state index contributed by atoms with van der Waals surface area (Å²) in [7, 11) is 0. The summed E-state index contributed by atoms with van der Waals surface area (Å²) in [6.07, 6.45) is 4.06. The number of nitrogens with zero attached hydrogens (tertiary/aromatic N) is 3. The molecule has 29 heavy (non-hydrogen) atoms. The van der Waals surface area contributed by atoms with Crippen molar-refractivity contribution in [2.24, 2.45) is 5.73 Å². The van der Waals surface area contributed by atoms with Crippen molar-refractivity contribution in [2.75, 3.05) is 23.3 Å². The lowest BCUT2D eigenvalue weighted by Crippen LogP contribution is -2.43. The van der Waals surface area contributed by atoms with Gasteiger partial charge in [0.1, 0.15) is 5.82 Å². The van der Waals surface area contributed by atoms with Crippen molar-refractivity contribution < 1.29 is 0 Å². The van der Waals surface area contributed by atoms with E-state index >= 15 is 0 Å². The van der Waals surface area contributed by atoms with Crippen LogP contribution in [0.4, 0.5) is 17.5 Å². The van der Waals surface area contributed by atoms with Gasteiger partial charge in [0.25, 0.3) is 0 Å². The Morgan fingerprint density at radius 3 is 2.21 bits per heavy atom. The molecule has 1 aromatic carbocycles. The average molecular weight is 396 g/mol. The summed E-state index contributed by atoms with van der Waals surface area (Å²) in [5.74, 6) is 1.62. The number of nitrogens with one attached hydrogen (secondary N) is 1.